The lowest BCUT2D eigenvalue weighted by Crippen LogP contribution is -2.40. The van der Waals surface area contributed by atoms with E-state index in [9.17, 15) is 13.2 Å². The third-order valence-electron chi connectivity index (χ3n) is 3.15. The fourth-order valence-corrected chi connectivity index (χ4v) is 1.98. The van der Waals surface area contributed by atoms with Crippen LogP contribution in [0.5, 0.6) is 5.75 Å². The lowest BCUT2D eigenvalue weighted by molar-refractivity contribution is -0.162. The molecule has 0 saturated carbocycles. The molecule has 1 aromatic rings. The first-order valence-electron chi connectivity index (χ1n) is 6.44. The van der Waals surface area contributed by atoms with Crippen LogP contribution in [-0.4, -0.2) is 23.8 Å². The molecule has 0 fully saturated rings. The first-order chi connectivity index (χ1) is 9.66. The van der Waals surface area contributed by atoms with Gasteiger partial charge in [-0.2, -0.15) is 13.2 Å². The largest absolute Gasteiger partial charge is 0.492 e. The van der Waals surface area contributed by atoms with Gasteiger partial charge in [0.05, 0.1) is 0 Å². The summed E-state index contributed by atoms with van der Waals surface area (Å²) in [7, 11) is 0. The number of amidine groups is 1. The van der Waals surface area contributed by atoms with Crippen LogP contribution in [0.15, 0.2) is 23.4 Å². The van der Waals surface area contributed by atoms with E-state index in [0.717, 1.165) is 11.1 Å². The number of nitrogens with zero attached hydrogens (tertiary/aromatic N) is 1. The van der Waals surface area contributed by atoms with E-state index in [1.165, 1.54) is 0 Å². The summed E-state index contributed by atoms with van der Waals surface area (Å²) in [4.78, 5) is 0. The first kappa shape index (κ1) is 17.1. The molecule has 1 rings (SSSR count). The molecule has 0 spiro atoms. The van der Waals surface area contributed by atoms with Crippen molar-refractivity contribution in [1.82, 2.24) is 0 Å². The number of hydrogen-bond donors (Lipinski definition) is 2. The van der Waals surface area contributed by atoms with Crippen molar-refractivity contribution in [3.8, 4) is 5.75 Å². The zero-order valence-corrected chi connectivity index (χ0v) is 12.1. The van der Waals surface area contributed by atoms with Crippen LogP contribution in [0.3, 0.4) is 0 Å². The molecule has 7 heteroatoms. The van der Waals surface area contributed by atoms with Crippen LogP contribution in [0.4, 0.5) is 13.2 Å². The molecule has 1 atom stereocenters. The minimum absolute atomic E-state index is 0.317. The van der Waals surface area contributed by atoms with Gasteiger partial charge in [-0.25, -0.2) is 0 Å². The Kier molecular flexibility index (Phi) is 5.46. The van der Waals surface area contributed by atoms with E-state index in [-0.39, 0.29) is 0 Å². The maximum absolute atomic E-state index is 12.8. The van der Waals surface area contributed by atoms with Crippen LogP contribution in [0, 0.1) is 12.8 Å². The Morgan fingerprint density at radius 2 is 2.00 bits per heavy atom. The number of oxime groups is 1. The van der Waals surface area contributed by atoms with Crippen molar-refractivity contribution in [2.24, 2.45) is 16.8 Å². The number of hydrogen-bond acceptors (Lipinski definition) is 3. The Bertz CT molecular complexity index is 513. The van der Waals surface area contributed by atoms with Crippen molar-refractivity contribution in [3.63, 3.8) is 0 Å². The van der Waals surface area contributed by atoms with Crippen LogP contribution in [0.2, 0.25) is 0 Å². The van der Waals surface area contributed by atoms with Crippen LogP contribution in [0.1, 0.15) is 30.9 Å². The topological polar surface area (TPSA) is 67.8 Å². The van der Waals surface area contributed by atoms with Crippen molar-refractivity contribution in [2.75, 3.05) is 6.61 Å². The van der Waals surface area contributed by atoms with Crippen LogP contribution < -0.4 is 10.5 Å². The molecule has 3 N–H and O–H groups in total. The van der Waals surface area contributed by atoms with Gasteiger partial charge in [0.25, 0.3) is 0 Å². The SMILES string of the molecule is Cc1cc(OCC(/C(N)=N/O)C(F)(F)F)ccc1C(C)C. The Hall–Kier alpha value is -1.92. The Morgan fingerprint density at radius 1 is 1.38 bits per heavy atom. The summed E-state index contributed by atoms with van der Waals surface area (Å²) >= 11 is 0. The molecule has 0 amide bonds. The van der Waals surface area contributed by atoms with E-state index in [2.05, 4.69) is 5.16 Å². The highest BCUT2D eigenvalue weighted by Gasteiger charge is 2.43. The molecule has 0 aliphatic carbocycles. The number of rotatable bonds is 5. The summed E-state index contributed by atoms with van der Waals surface area (Å²) in [6.45, 7) is 5.19. The molecule has 118 valence electrons. The standard InChI is InChI=1S/C14H19F3N2O2/c1-8(2)11-5-4-10(6-9(11)3)21-7-12(13(18)19-20)14(15,16)17/h4-6,8,12,20H,7H2,1-3H3,(H2,18,19). The minimum atomic E-state index is -4.64. The van der Waals surface area contributed by atoms with Gasteiger partial charge in [-0.15, -0.1) is 0 Å². The van der Waals surface area contributed by atoms with Crippen molar-refractivity contribution < 1.29 is 23.1 Å². The molecule has 1 unspecified atom stereocenters. The Balaban J connectivity index is 2.84. The summed E-state index contributed by atoms with van der Waals surface area (Å²) in [5.74, 6) is -2.43. The average Bonchev–Trinajstić information content (AvgIpc) is 2.36. The summed E-state index contributed by atoms with van der Waals surface area (Å²) < 4.78 is 43.4. The second-order valence-corrected chi connectivity index (χ2v) is 5.10. The lowest BCUT2D eigenvalue weighted by Gasteiger charge is -2.20. The zero-order chi connectivity index (χ0) is 16.2. The monoisotopic (exact) mass is 304 g/mol. The number of ether oxygens (including phenoxy) is 1. The third kappa shape index (κ3) is 4.54. The number of alkyl halides is 3. The van der Waals surface area contributed by atoms with Crippen molar-refractivity contribution in [3.05, 3.63) is 29.3 Å². The summed E-state index contributed by atoms with van der Waals surface area (Å²) in [6, 6.07) is 5.11. The predicted octanol–water partition coefficient (Wildman–Crippen LogP) is 3.42. The molecule has 1 aromatic carbocycles. The quantitative estimate of drug-likeness (QED) is 0.379. The third-order valence-corrected chi connectivity index (χ3v) is 3.15. The second-order valence-electron chi connectivity index (χ2n) is 5.10. The summed E-state index contributed by atoms with van der Waals surface area (Å²) in [5, 5.41) is 10.8. The Morgan fingerprint density at radius 3 is 2.43 bits per heavy atom. The number of halogens is 3. The first-order valence-corrected chi connectivity index (χ1v) is 6.44. The minimum Gasteiger partial charge on any atom is -0.492 e. The van der Waals surface area contributed by atoms with Crippen molar-refractivity contribution >= 4 is 5.84 Å². The number of benzene rings is 1. The molecular weight excluding hydrogens is 285 g/mol. The average molecular weight is 304 g/mol. The summed E-state index contributed by atoms with van der Waals surface area (Å²) in [5.41, 5.74) is 7.10. The number of aryl methyl sites for hydroxylation is 1. The maximum atomic E-state index is 12.8. The normalized spacial score (nSPS) is 14.3. The molecule has 0 aliphatic rings. The summed E-state index contributed by atoms with van der Waals surface area (Å²) in [6.07, 6.45) is -4.64. The highest BCUT2D eigenvalue weighted by Crippen LogP contribution is 2.28. The van der Waals surface area contributed by atoms with Gasteiger partial charge in [0, 0.05) is 0 Å². The van der Waals surface area contributed by atoms with Gasteiger partial charge >= 0.3 is 6.18 Å². The van der Waals surface area contributed by atoms with Gasteiger partial charge in [0.15, 0.2) is 5.84 Å². The van der Waals surface area contributed by atoms with Gasteiger partial charge in [0.1, 0.15) is 18.3 Å². The van der Waals surface area contributed by atoms with E-state index < -0.39 is 24.5 Å². The van der Waals surface area contributed by atoms with E-state index in [0.29, 0.717) is 11.7 Å². The van der Waals surface area contributed by atoms with Crippen LogP contribution >= 0.6 is 0 Å². The molecule has 0 saturated heterocycles. The molecule has 0 aliphatic heterocycles. The van der Waals surface area contributed by atoms with E-state index >= 15 is 0 Å². The lowest BCUT2D eigenvalue weighted by atomic mass is 9.98. The molecule has 0 heterocycles. The van der Waals surface area contributed by atoms with Crippen LogP contribution in [-0.2, 0) is 0 Å². The Labute approximate surface area is 121 Å². The fourth-order valence-electron chi connectivity index (χ4n) is 1.98. The fraction of sp³-hybridized carbons (Fsp3) is 0.500. The van der Waals surface area contributed by atoms with E-state index in [1.54, 1.807) is 12.1 Å². The molecule has 0 aromatic heterocycles. The van der Waals surface area contributed by atoms with E-state index in [4.69, 9.17) is 15.7 Å². The van der Waals surface area contributed by atoms with Gasteiger partial charge < -0.3 is 15.7 Å². The maximum Gasteiger partial charge on any atom is 0.402 e. The number of nitrogens with two attached hydrogens (primary N) is 1. The van der Waals surface area contributed by atoms with Gasteiger partial charge in [-0.05, 0) is 36.1 Å². The van der Waals surface area contributed by atoms with Crippen molar-refractivity contribution in [1.29, 1.82) is 0 Å². The van der Waals surface area contributed by atoms with Crippen LogP contribution in [0.25, 0.3) is 0 Å². The molecule has 21 heavy (non-hydrogen) atoms. The predicted molar refractivity (Wildman–Crippen MR) is 73.7 cm³/mol. The van der Waals surface area contributed by atoms with Crippen molar-refractivity contribution in [2.45, 2.75) is 32.9 Å². The van der Waals surface area contributed by atoms with Gasteiger partial charge in [0.2, 0.25) is 0 Å². The highest BCUT2D eigenvalue weighted by atomic mass is 19.4. The second kappa shape index (κ2) is 6.69. The molecule has 0 bridgehead atoms. The molecule has 4 nitrogen and oxygen atoms in total. The zero-order valence-electron chi connectivity index (χ0n) is 12.1. The smallest absolute Gasteiger partial charge is 0.402 e. The highest BCUT2D eigenvalue weighted by molar-refractivity contribution is 5.83. The van der Waals surface area contributed by atoms with Gasteiger partial charge in [-0.3, -0.25) is 0 Å². The van der Waals surface area contributed by atoms with E-state index in [1.807, 2.05) is 26.8 Å². The molecular formula is C14H19F3N2O2. The van der Waals surface area contributed by atoms with Gasteiger partial charge in [-0.1, -0.05) is 25.1 Å². The molecule has 0 radical (unpaired) electrons.